The number of rotatable bonds is 3. The molecule has 3 rings (SSSR count). The molecule has 24 heavy (non-hydrogen) atoms. The number of carbonyl (C=O) groups is 3. The number of hydrogen-bond acceptors (Lipinski definition) is 7. The van der Waals surface area contributed by atoms with Crippen molar-refractivity contribution in [2.45, 2.75) is 10.2 Å². The summed E-state index contributed by atoms with van der Waals surface area (Å²) in [6.45, 7) is 0. The lowest BCUT2D eigenvalue weighted by molar-refractivity contribution is -0.134. The van der Waals surface area contributed by atoms with Crippen molar-refractivity contribution in [3.63, 3.8) is 0 Å². The van der Waals surface area contributed by atoms with E-state index in [1.165, 1.54) is 31.9 Å². The SMILES string of the molecule is CN1C(=O)C(=Cc2ccc(Sc3ncccn3)o2)C(=O)N(C)C1=O. The molecule has 0 aromatic carbocycles. The number of furan rings is 1. The fourth-order valence-corrected chi connectivity index (χ4v) is 2.69. The number of nitrogens with zero attached hydrogens (tertiary/aromatic N) is 4. The molecule has 122 valence electrons. The second-order valence-corrected chi connectivity index (χ2v) is 5.83. The molecule has 0 aliphatic carbocycles. The second-order valence-electron chi connectivity index (χ2n) is 4.86. The summed E-state index contributed by atoms with van der Waals surface area (Å²) in [6, 6.07) is 4.34. The third kappa shape index (κ3) is 2.93. The van der Waals surface area contributed by atoms with Crippen molar-refractivity contribution in [3.05, 3.63) is 41.9 Å². The first-order valence-electron chi connectivity index (χ1n) is 6.84. The Kier molecular flexibility index (Phi) is 4.17. The summed E-state index contributed by atoms with van der Waals surface area (Å²) in [5.74, 6) is -1.01. The number of urea groups is 1. The highest BCUT2D eigenvalue weighted by Crippen LogP contribution is 2.27. The average Bonchev–Trinajstić information content (AvgIpc) is 3.03. The molecule has 8 nitrogen and oxygen atoms in total. The first-order valence-corrected chi connectivity index (χ1v) is 7.65. The maximum atomic E-state index is 12.1. The number of carbonyl (C=O) groups excluding carboxylic acids is 3. The Balaban J connectivity index is 1.85. The lowest BCUT2D eigenvalue weighted by Crippen LogP contribution is -2.52. The van der Waals surface area contributed by atoms with Crippen molar-refractivity contribution in [2.24, 2.45) is 0 Å². The van der Waals surface area contributed by atoms with E-state index in [4.69, 9.17) is 4.42 Å². The Morgan fingerprint density at radius 1 is 1.04 bits per heavy atom. The van der Waals surface area contributed by atoms with Gasteiger partial charge in [0.1, 0.15) is 11.3 Å². The number of amides is 4. The molecule has 9 heteroatoms. The fraction of sp³-hybridized carbons (Fsp3) is 0.133. The van der Waals surface area contributed by atoms with E-state index in [2.05, 4.69) is 9.97 Å². The smallest absolute Gasteiger partial charge is 0.333 e. The van der Waals surface area contributed by atoms with E-state index in [-0.39, 0.29) is 5.57 Å². The van der Waals surface area contributed by atoms with Gasteiger partial charge in [0.15, 0.2) is 10.2 Å². The maximum Gasteiger partial charge on any atom is 0.333 e. The van der Waals surface area contributed by atoms with Crippen LogP contribution in [0.15, 0.2) is 50.8 Å². The number of likely N-dealkylation sites (N-methyl/N-ethyl adjacent to an activating group) is 2. The molecule has 1 aliphatic heterocycles. The highest BCUT2D eigenvalue weighted by atomic mass is 32.2. The quantitative estimate of drug-likeness (QED) is 0.474. The number of hydrogen-bond donors (Lipinski definition) is 0. The Labute approximate surface area is 141 Å². The molecule has 0 bridgehead atoms. The first kappa shape index (κ1) is 15.9. The Hall–Kier alpha value is -2.94. The maximum absolute atomic E-state index is 12.1. The molecule has 0 atom stereocenters. The lowest BCUT2D eigenvalue weighted by Gasteiger charge is -2.28. The average molecular weight is 344 g/mol. The van der Waals surface area contributed by atoms with Gasteiger partial charge in [0.2, 0.25) is 0 Å². The molecular weight excluding hydrogens is 332 g/mol. The number of imide groups is 2. The van der Waals surface area contributed by atoms with E-state index >= 15 is 0 Å². The summed E-state index contributed by atoms with van der Waals surface area (Å²) in [7, 11) is 2.63. The molecule has 1 fully saturated rings. The van der Waals surface area contributed by atoms with Gasteiger partial charge in [-0.05, 0) is 36.0 Å². The van der Waals surface area contributed by atoms with Gasteiger partial charge < -0.3 is 4.42 Å². The monoisotopic (exact) mass is 344 g/mol. The van der Waals surface area contributed by atoms with Gasteiger partial charge in [-0.25, -0.2) is 14.8 Å². The largest absolute Gasteiger partial charge is 0.450 e. The van der Waals surface area contributed by atoms with Crippen LogP contribution in [0, 0.1) is 0 Å². The molecule has 0 spiro atoms. The van der Waals surface area contributed by atoms with Crippen LogP contribution in [0.4, 0.5) is 4.79 Å². The van der Waals surface area contributed by atoms with Crippen LogP contribution >= 0.6 is 11.8 Å². The molecule has 0 N–H and O–H groups in total. The van der Waals surface area contributed by atoms with Crippen molar-refractivity contribution in [2.75, 3.05) is 14.1 Å². The zero-order chi connectivity index (χ0) is 17.3. The Bertz CT molecular complexity index is 820. The standard InChI is InChI=1S/C15H12N4O4S/c1-18-12(20)10(13(21)19(2)15(18)22)8-9-4-5-11(23-9)24-14-16-6-3-7-17-14/h3-8H,1-2H3. The van der Waals surface area contributed by atoms with E-state index in [0.29, 0.717) is 16.0 Å². The summed E-state index contributed by atoms with van der Waals surface area (Å²) in [5.41, 5.74) is -0.138. The minimum absolute atomic E-state index is 0.138. The summed E-state index contributed by atoms with van der Waals surface area (Å²) < 4.78 is 5.56. The normalized spacial score (nSPS) is 15.2. The topological polar surface area (TPSA) is 96.6 Å². The predicted octanol–water partition coefficient (Wildman–Crippen LogP) is 1.65. The molecule has 3 heterocycles. The van der Waals surface area contributed by atoms with Crippen LogP contribution in [-0.2, 0) is 9.59 Å². The first-order chi connectivity index (χ1) is 11.5. The van der Waals surface area contributed by atoms with Crippen LogP contribution in [0.1, 0.15) is 5.76 Å². The lowest BCUT2D eigenvalue weighted by atomic mass is 10.1. The minimum Gasteiger partial charge on any atom is -0.450 e. The van der Waals surface area contributed by atoms with E-state index in [9.17, 15) is 14.4 Å². The van der Waals surface area contributed by atoms with Crippen molar-refractivity contribution in [1.29, 1.82) is 0 Å². The van der Waals surface area contributed by atoms with Crippen molar-refractivity contribution in [1.82, 2.24) is 19.8 Å². The van der Waals surface area contributed by atoms with Gasteiger partial charge in [-0.1, -0.05) is 0 Å². The summed E-state index contributed by atoms with van der Waals surface area (Å²) in [5, 5.41) is 1.03. The van der Waals surface area contributed by atoms with E-state index < -0.39 is 17.8 Å². The Morgan fingerprint density at radius 2 is 1.67 bits per heavy atom. The molecule has 1 saturated heterocycles. The highest BCUT2D eigenvalue weighted by molar-refractivity contribution is 7.99. The van der Waals surface area contributed by atoms with Crippen molar-refractivity contribution >= 4 is 35.7 Å². The van der Waals surface area contributed by atoms with Crippen LogP contribution < -0.4 is 0 Å². The molecular formula is C15H12N4O4S. The van der Waals surface area contributed by atoms with Gasteiger partial charge in [-0.2, -0.15) is 0 Å². The van der Waals surface area contributed by atoms with Crippen LogP contribution in [0.2, 0.25) is 0 Å². The molecule has 0 radical (unpaired) electrons. The van der Waals surface area contributed by atoms with Crippen LogP contribution in [-0.4, -0.2) is 51.7 Å². The van der Waals surface area contributed by atoms with Gasteiger partial charge in [-0.15, -0.1) is 0 Å². The minimum atomic E-state index is -0.668. The molecule has 1 aliphatic rings. The summed E-state index contributed by atoms with van der Waals surface area (Å²) >= 11 is 1.21. The van der Waals surface area contributed by atoms with Gasteiger partial charge in [-0.3, -0.25) is 19.4 Å². The highest BCUT2D eigenvalue weighted by Gasteiger charge is 2.38. The van der Waals surface area contributed by atoms with Crippen molar-refractivity contribution in [3.8, 4) is 0 Å². The number of barbiturate groups is 1. The van der Waals surface area contributed by atoms with E-state index in [1.807, 2.05) is 0 Å². The molecule has 0 saturated carbocycles. The summed E-state index contributed by atoms with van der Waals surface area (Å²) in [4.78, 5) is 45.8. The van der Waals surface area contributed by atoms with Crippen LogP contribution in [0.25, 0.3) is 6.08 Å². The Morgan fingerprint density at radius 3 is 2.29 bits per heavy atom. The zero-order valence-corrected chi connectivity index (χ0v) is 13.6. The molecule has 4 amide bonds. The predicted molar refractivity (Wildman–Crippen MR) is 83.8 cm³/mol. The van der Waals surface area contributed by atoms with Gasteiger partial charge >= 0.3 is 6.03 Å². The van der Waals surface area contributed by atoms with Gasteiger partial charge in [0, 0.05) is 26.5 Å². The third-order valence-corrected chi connectivity index (χ3v) is 4.08. The van der Waals surface area contributed by atoms with E-state index in [0.717, 1.165) is 9.80 Å². The fourth-order valence-electron chi connectivity index (χ4n) is 2.01. The van der Waals surface area contributed by atoms with Crippen LogP contribution in [0.3, 0.4) is 0 Å². The van der Waals surface area contributed by atoms with Gasteiger partial charge in [0.05, 0.1) is 0 Å². The molecule has 0 unspecified atom stereocenters. The molecule has 2 aromatic heterocycles. The van der Waals surface area contributed by atoms with E-state index in [1.54, 1.807) is 30.6 Å². The summed E-state index contributed by atoms with van der Waals surface area (Å²) in [6.07, 6.45) is 4.55. The van der Waals surface area contributed by atoms with Gasteiger partial charge in [0.25, 0.3) is 11.8 Å². The number of aromatic nitrogens is 2. The molecule has 2 aromatic rings. The third-order valence-electron chi connectivity index (χ3n) is 3.27. The zero-order valence-electron chi connectivity index (χ0n) is 12.8. The van der Waals surface area contributed by atoms with Crippen LogP contribution in [0.5, 0.6) is 0 Å². The second kappa shape index (κ2) is 6.28. The van der Waals surface area contributed by atoms with Crippen molar-refractivity contribution < 1.29 is 18.8 Å².